The van der Waals surface area contributed by atoms with Crippen LogP contribution in [-0.4, -0.2) is 84.9 Å². The summed E-state index contributed by atoms with van der Waals surface area (Å²) in [6.45, 7) is 7.64. The Hall–Kier alpha value is -4.54. The third kappa shape index (κ3) is 5.35. The molecule has 6 rings (SSSR count). The molecule has 1 N–H and O–H groups in total. The average molecular weight is 685 g/mol. The summed E-state index contributed by atoms with van der Waals surface area (Å²) < 4.78 is 2.02. The van der Waals surface area contributed by atoms with Crippen LogP contribution < -0.4 is 5.32 Å². The quantitative estimate of drug-likeness (QED) is 0.213. The van der Waals surface area contributed by atoms with E-state index in [0.29, 0.717) is 44.7 Å². The molecule has 1 aliphatic heterocycles. The Balaban J connectivity index is 1.38. The topological polar surface area (TPSA) is 150 Å². The number of halogens is 1. The van der Waals surface area contributed by atoms with Gasteiger partial charge in [0.1, 0.15) is 40.6 Å². The van der Waals surface area contributed by atoms with Gasteiger partial charge in [-0.15, -0.1) is 0 Å². The summed E-state index contributed by atoms with van der Waals surface area (Å²) in [6.07, 6.45) is 3.82. The highest BCUT2D eigenvalue weighted by Gasteiger charge is 2.72. The summed E-state index contributed by atoms with van der Waals surface area (Å²) in [5.74, 6) is 0.306. The number of ketones is 1. The van der Waals surface area contributed by atoms with Crippen LogP contribution in [0, 0.1) is 36.5 Å². The highest BCUT2D eigenvalue weighted by molar-refractivity contribution is 9.10. The molecular formula is C33H34BrN9O3. The number of nitriles is 1. The maximum absolute atomic E-state index is 14.3. The van der Waals surface area contributed by atoms with Gasteiger partial charge in [-0.1, -0.05) is 13.0 Å². The predicted octanol–water partition coefficient (Wildman–Crippen LogP) is 4.15. The fourth-order valence-electron chi connectivity index (χ4n) is 7.12. The predicted molar refractivity (Wildman–Crippen MR) is 175 cm³/mol. The highest BCUT2D eigenvalue weighted by atomic mass is 79.9. The molecule has 4 heterocycles. The average Bonchev–Trinajstić information content (AvgIpc) is 3.28. The van der Waals surface area contributed by atoms with Gasteiger partial charge in [-0.25, -0.2) is 15.0 Å². The Morgan fingerprint density at radius 3 is 2.52 bits per heavy atom. The van der Waals surface area contributed by atoms with Gasteiger partial charge in [0.25, 0.3) is 0 Å². The Bertz CT molecular complexity index is 1950. The molecule has 2 aliphatic rings. The van der Waals surface area contributed by atoms with Crippen molar-refractivity contribution in [3.8, 4) is 17.2 Å². The van der Waals surface area contributed by atoms with Gasteiger partial charge in [-0.05, 0) is 85.5 Å². The second kappa shape index (κ2) is 11.7. The van der Waals surface area contributed by atoms with Crippen LogP contribution in [0.15, 0.2) is 41.3 Å². The Labute approximate surface area is 275 Å². The summed E-state index contributed by atoms with van der Waals surface area (Å²) in [6, 6.07) is 8.47. The van der Waals surface area contributed by atoms with Crippen molar-refractivity contribution in [2.24, 2.45) is 11.3 Å². The van der Waals surface area contributed by atoms with E-state index >= 15 is 0 Å². The second-order valence-corrected chi connectivity index (χ2v) is 13.4. The number of hydrogen-bond acceptors (Lipinski definition) is 9. The van der Waals surface area contributed by atoms with Gasteiger partial charge in [0.2, 0.25) is 11.8 Å². The lowest BCUT2D eigenvalue weighted by Crippen LogP contribution is -2.47. The molecule has 1 saturated carbocycles. The Morgan fingerprint density at radius 1 is 1.15 bits per heavy atom. The molecule has 1 aliphatic carbocycles. The molecule has 0 bridgehead atoms. The molecule has 0 spiro atoms. The number of rotatable bonds is 8. The summed E-state index contributed by atoms with van der Waals surface area (Å²) >= 11 is 3.37. The zero-order chi connectivity index (χ0) is 33.1. The lowest BCUT2D eigenvalue weighted by atomic mass is 9.95. The van der Waals surface area contributed by atoms with Crippen LogP contribution >= 0.6 is 15.9 Å². The summed E-state index contributed by atoms with van der Waals surface area (Å²) in [4.78, 5) is 57.7. The van der Waals surface area contributed by atoms with E-state index in [1.165, 1.54) is 11.6 Å². The number of carbonyl (C=O) groups is 3. The number of amides is 2. The molecule has 46 heavy (non-hydrogen) atoms. The SMILES string of the molecule is CC(=O)c1nn(CC(=O)N2C3C(C)[C@]3(CN(C)C)C[C@H]2C(=O)Nc2nc(Br)ccc2C)c2c(C#N)cc(-c3cnc(C)nc3)cc12. The molecule has 2 unspecified atom stereocenters. The van der Waals surface area contributed by atoms with Crippen LogP contribution in [-0.2, 0) is 16.1 Å². The number of fused-ring (bicyclic) bond motifs is 2. The molecule has 4 atom stereocenters. The van der Waals surface area contributed by atoms with Crippen molar-refractivity contribution in [1.82, 2.24) is 34.5 Å². The molecule has 12 nitrogen and oxygen atoms in total. The molecule has 1 saturated heterocycles. The van der Waals surface area contributed by atoms with Crippen LogP contribution in [0.5, 0.6) is 0 Å². The van der Waals surface area contributed by atoms with Crippen LogP contribution in [0.2, 0.25) is 0 Å². The fraction of sp³-hybridized carbons (Fsp3) is 0.394. The summed E-state index contributed by atoms with van der Waals surface area (Å²) in [7, 11) is 3.98. The minimum absolute atomic E-state index is 0.146. The third-order valence-corrected chi connectivity index (χ3v) is 9.71. The largest absolute Gasteiger partial charge is 0.325 e. The van der Waals surface area contributed by atoms with E-state index in [1.54, 1.807) is 42.4 Å². The minimum Gasteiger partial charge on any atom is -0.325 e. The van der Waals surface area contributed by atoms with Crippen LogP contribution in [0.1, 0.15) is 47.7 Å². The lowest BCUT2D eigenvalue weighted by molar-refractivity contribution is -0.138. The van der Waals surface area contributed by atoms with Crippen molar-refractivity contribution in [3.05, 3.63) is 63.9 Å². The molecule has 2 fully saturated rings. The van der Waals surface area contributed by atoms with Crippen LogP contribution in [0.25, 0.3) is 22.0 Å². The van der Waals surface area contributed by atoms with Gasteiger partial charge >= 0.3 is 0 Å². The number of anilines is 1. The van der Waals surface area contributed by atoms with Gasteiger partial charge < -0.3 is 15.1 Å². The first-order valence-corrected chi connectivity index (χ1v) is 15.8. The maximum Gasteiger partial charge on any atom is 0.248 e. The smallest absolute Gasteiger partial charge is 0.248 e. The van der Waals surface area contributed by atoms with Crippen LogP contribution in [0.3, 0.4) is 0 Å². The molecular weight excluding hydrogens is 650 g/mol. The Morgan fingerprint density at radius 2 is 1.87 bits per heavy atom. The van der Waals surface area contributed by atoms with Crippen molar-refractivity contribution >= 4 is 50.2 Å². The van der Waals surface area contributed by atoms with Crippen molar-refractivity contribution in [2.75, 3.05) is 26.0 Å². The molecule has 4 aromatic rings. The normalized spacial score (nSPS) is 21.7. The van der Waals surface area contributed by atoms with Crippen molar-refractivity contribution < 1.29 is 14.4 Å². The first-order valence-electron chi connectivity index (χ1n) is 15.0. The van der Waals surface area contributed by atoms with E-state index < -0.39 is 6.04 Å². The number of pyridine rings is 1. The van der Waals surface area contributed by atoms with Gasteiger partial charge in [-0.2, -0.15) is 10.4 Å². The number of nitrogens with one attached hydrogen (secondary N) is 1. The molecule has 1 aromatic carbocycles. The monoisotopic (exact) mass is 683 g/mol. The van der Waals surface area contributed by atoms with E-state index in [2.05, 4.69) is 59.2 Å². The minimum atomic E-state index is -0.730. The number of likely N-dealkylation sites (tertiary alicyclic amines) is 1. The molecule has 3 aromatic heterocycles. The number of piperidine rings is 1. The Kier molecular flexibility index (Phi) is 7.98. The number of nitrogens with zero attached hydrogens (tertiary/aromatic N) is 8. The summed E-state index contributed by atoms with van der Waals surface area (Å²) in [5, 5.41) is 18.2. The number of aryl methyl sites for hydroxylation is 2. The van der Waals surface area contributed by atoms with Crippen molar-refractivity contribution in [3.63, 3.8) is 0 Å². The lowest BCUT2D eigenvalue weighted by Gasteiger charge is -2.28. The van der Waals surface area contributed by atoms with Crippen molar-refractivity contribution in [2.45, 2.75) is 52.7 Å². The second-order valence-electron chi connectivity index (χ2n) is 12.6. The van der Waals surface area contributed by atoms with E-state index in [9.17, 15) is 19.6 Å². The fourth-order valence-corrected chi connectivity index (χ4v) is 7.42. The van der Waals surface area contributed by atoms with E-state index in [-0.39, 0.29) is 52.8 Å². The number of aromatic nitrogens is 5. The number of Topliss-reactive ketones (excluding diaryl/α,β-unsaturated/α-hetero) is 1. The zero-order valence-electron chi connectivity index (χ0n) is 26.5. The number of benzene rings is 1. The van der Waals surface area contributed by atoms with Gasteiger partial charge in [-0.3, -0.25) is 19.1 Å². The van der Waals surface area contributed by atoms with E-state index in [0.717, 1.165) is 12.1 Å². The van der Waals surface area contributed by atoms with Gasteiger partial charge in [0.15, 0.2) is 5.78 Å². The standard InChI is InChI=1S/C33H34BrN9O3/c1-17-7-8-26(34)38-31(17)39-32(46)25-11-33(16-41(5)6)18(2)30(33)43(25)27(45)15-42-29-22(12-35)9-21(23-13-36-20(4)37-14-23)10-24(29)28(40-42)19(3)44/h7-10,13-14,18,25,30H,11,15-16H2,1-6H3,(H,38,39,46)/t18?,25-,30?,33+/m0/s1. The first-order chi connectivity index (χ1) is 21.8. The van der Waals surface area contributed by atoms with E-state index in [1.807, 2.05) is 27.1 Å². The zero-order valence-corrected chi connectivity index (χ0v) is 28.1. The van der Waals surface area contributed by atoms with Gasteiger partial charge in [0, 0.05) is 48.3 Å². The molecule has 0 radical (unpaired) electrons. The summed E-state index contributed by atoms with van der Waals surface area (Å²) in [5.41, 5.74) is 2.71. The molecule has 13 heteroatoms. The highest BCUT2D eigenvalue weighted by Crippen LogP contribution is 2.64. The number of hydrogen-bond donors (Lipinski definition) is 1. The molecule has 2 amide bonds. The van der Waals surface area contributed by atoms with Crippen molar-refractivity contribution in [1.29, 1.82) is 5.26 Å². The third-order valence-electron chi connectivity index (χ3n) is 9.27. The maximum atomic E-state index is 14.3. The van der Waals surface area contributed by atoms with E-state index in [4.69, 9.17) is 0 Å². The molecule has 236 valence electrons. The number of carbonyl (C=O) groups excluding carboxylic acids is 3. The van der Waals surface area contributed by atoms with Gasteiger partial charge in [0.05, 0.1) is 11.1 Å². The first kappa shape index (κ1) is 31.4. The van der Waals surface area contributed by atoms with Crippen LogP contribution in [0.4, 0.5) is 5.82 Å².